The van der Waals surface area contributed by atoms with Crippen LogP contribution in [0.25, 0.3) is 0 Å². The van der Waals surface area contributed by atoms with Gasteiger partial charge in [-0.3, -0.25) is 9.59 Å². The molecule has 3 saturated carbocycles. The molecular weight excluding hydrogens is 424 g/mol. The second-order valence-electron chi connectivity index (χ2n) is 13.3. The number of carbonyl (C=O) groups is 2. The molecule has 0 saturated heterocycles. The van der Waals surface area contributed by atoms with Crippen molar-refractivity contribution >= 4 is 11.9 Å². The molecule has 9 atom stereocenters. The van der Waals surface area contributed by atoms with E-state index in [1.54, 1.807) is 0 Å². The molecule has 190 valence electrons. The fraction of sp³-hybridized carbons (Fsp3) is 0.800. The molecule has 3 fully saturated rings. The molecule has 0 amide bonds. The molecule has 34 heavy (non-hydrogen) atoms. The van der Waals surface area contributed by atoms with Crippen LogP contribution in [0.4, 0.5) is 0 Å². The third kappa shape index (κ3) is 3.29. The van der Waals surface area contributed by atoms with Crippen LogP contribution in [-0.2, 0) is 9.59 Å². The third-order valence-corrected chi connectivity index (χ3v) is 12.2. The molecule has 0 aliphatic heterocycles. The van der Waals surface area contributed by atoms with Crippen molar-refractivity contribution in [2.45, 2.75) is 99.3 Å². The molecule has 0 aromatic heterocycles. The maximum absolute atomic E-state index is 12.8. The first-order chi connectivity index (χ1) is 15.7. The van der Waals surface area contributed by atoms with Gasteiger partial charge in [0.1, 0.15) is 0 Å². The van der Waals surface area contributed by atoms with Crippen LogP contribution in [-0.4, -0.2) is 22.2 Å². The maximum atomic E-state index is 12.8. The molecule has 2 N–H and O–H groups in total. The predicted octanol–water partition coefficient (Wildman–Crippen LogP) is 7.35. The summed E-state index contributed by atoms with van der Waals surface area (Å²) in [6.45, 7) is 18.3. The van der Waals surface area contributed by atoms with Crippen LogP contribution in [0.1, 0.15) is 99.3 Å². The Kier molecular flexibility index (Phi) is 6.18. The summed E-state index contributed by atoms with van der Waals surface area (Å²) in [5, 5.41) is 20.1. The smallest absolute Gasteiger partial charge is 0.310 e. The quantitative estimate of drug-likeness (QED) is 0.412. The first kappa shape index (κ1) is 25.5. The molecular formula is C30H46O4. The van der Waals surface area contributed by atoms with Crippen molar-refractivity contribution in [3.8, 4) is 0 Å². The fourth-order valence-corrected chi connectivity index (χ4v) is 9.76. The van der Waals surface area contributed by atoms with Gasteiger partial charge in [-0.15, -0.1) is 0 Å². The van der Waals surface area contributed by atoms with Crippen LogP contribution < -0.4 is 0 Å². The van der Waals surface area contributed by atoms with Crippen LogP contribution in [0, 0.1) is 51.2 Å². The Labute approximate surface area is 206 Å². The van der Waals surface area contributed by atoms with E-state index in [0.29, 0.717) is 30.1 Å². The topological polar surface area (TPSA) is 74.6 Å². The van der Waals surface area contributed by atoms with E-state index in [1.165, 1.54) is 11.1 Å². The van der Waals surface area contributed by atoms with E-state index in [4.69, 9.17) is 0 Å². The standard InChI is InChI=1S/C30H46O4/c1-18(2)21-11-14-29(7)23(27(21,5)13-12-24(31)32)9-8-22-25-20(4)19(3)10-15-30(25,26(33)34)17-16-28(22,29)6/h8,19-21,23,25H,1,9-17H2,2-7H3,(H,31,32)(H,33,34)/t19-,20+,21+,23-,25?,27+,28-,29-,30+/m1/s1. The Balaban J connectivity index is 1.83. The minimum atomic E-state index is -0.721. The minimum Gasteiger partial charge on any atom is -0.481 e. The molecule has 0 radical (unpaired) electrons. The summed E-state index contributed by atoms with van der Waals surface area (Å²) in [4.78, 5) is 24.4. The lowest BCUT2D eigenvalue weighted by molar-refractivity contribution is -0.174. The number of fused-ring (bicyclic) bond motifs is 5. The SMILES string of the molecule is C=C(C)[C@@H]1CC[C@]2(C)[C@H](CC=C3C4[C@@H](C)[C@H](C)CC[C@]4(C(=O)O)CC[C@]32C)[C@@]1(C)CCC(=O)O. The van der Waals surface area contributed by atoms with E-state index in [9.17, 15) is 19.8 Å². The van der Waals surface area contributed by atoms with Crippen molar-refractivity contribution < 1.29 is 19.8 Å². The minimum absolute atomic E-state index is 0.0291. The fourth-order valence-electron chi connectivity index (χ4n) is 9.76. The van der Waals surface area contributed by atoms with Gasteiger partial charge in [-0.2, -0.15) is 0 Å². The van der Waals surface area contributed by atoms with Gasteiger partial charge >= 0.3 is 11.9 Å². The van der Waals surface area contributed by atoms with Gasteiger partial charge in [0, 0.05) is 6.42 Å². The zero-order valence-corrected chi connectivity index (χ0v) is 22.2. The molecule has 1 unspecified atom stereocenters. The number of aliphatic carboxylic acids is 2. The first-order valence-electron chi connectivity index (χ1n) is 13.6. The number of carboxylic acids is 2. The highest BCUT2D eigenvalue weighted by Gasteiger charge is 2.67. The first-order valence-corrected chi connectivity index (χ1v) is 13.6. The van der Waals surface area contributed by atoms with Gasteiger partial charge in [-0.05, 0) is 104 Å². The van der Waals surface area contributed by atoms with Crippen molar-refractivity contribution in [3.63, 3.8) is 0 Å². The molecule has 0 bridgehead atoms. The monoisotopic (exact) mass is 470 g/mol. The van der Waals surface area contributed by atoms with Gasteiger partial charge in [0.25, 0.3) is 0 Å². The van der Waals surface area contributed by atoms with Crippen LogP contribution in [0.2, 0.25) is 0 Å². The predicted molar refractivity (Wildman–Crippen MR) is 135 cm³/mol. The van der Waals surface area contributed by atoms with Gasteiger partial charge in [0.2, 0.25) is 0 Å². The van der Waals surface area contributed by atoms with Gasteiger partial charge in [0.15, 0.2) is 0 Å². The number of rotatable bonds is 5. The van der Waals surface area contributed by atoms with Crippen LogP contribution in [0.3, 0.4) is 0 Å². The van der Waals surface area contributed by atoms with E-state index in [1.807, 2.05) is 0 Å². The molecule has 0 aromatic carbocycles. The Morgan fingerprint density at radius 2 is 1.74 bits per heavy atom. The molecule has 0 heterocycles. The Hall–Kier alpha value is -1.58. The summed E-state index contributed by atoms with van der Waals surface area (Å²) in [6, 6.07) is 0. The molecule has 4 aliphatic rings. The summed E-state index contributed by atoms with van der Waals surface area (Å²) in [7, 11) is 0. The Morgan fingerprint density at radius 1 is 1.06 bits per heavy atom. The summed E-state index contributed by atoms with van der Waals surface area (Å²) in [6.07, 6.45) is 9.86. The van der Waals surface area contributed by atoms with Gasteiger partial charge in [-0.1, -0.05) is 58.4 Å². The van der Waals surface area contributed by atoms with E-state index >= 15 is 0 Å². The summed E-state index contributed by atoms with van der Waals surface area (Å²) in [5.74, 6) is 0.391. The molecule has 0 aromatic rings. The molecule has 4 rings (SSSR count). The van der Waals surface area contributed by atoms with Crippen LogP contribution in [0.15, 0.2) is 23.8 Å². The van der Waals surface area contributed by atoms with E-state index < -0.39 is 17.4 Å². The lowest BCUT2D eigenvalue weighted by atomic mass is 9.35. The maximum Gasteiger partial charge on any atom is 0.310 e. The average Bonchev–Trinajstić information content (AvgIpc) is 2.75. The van der Waals surface area contributed by atoms with E-state index in [2.05, 4.69) is 54.2 Å². The highest BCUT2D eigenvalue weighted by Crippen LogP contribution is 2.74. The lowest BCUT2D eigenvalue weighted by Gasteiger charge is -2.69. The third-order valence-electron chi connectivity index (χ3n) is 12.2. The van der Waals surface area contributed by atoms with E-state index in [-0.39, 0.29) is 28.6 Å². The van der Waals surface area contributed by atoms with Crippen molar-refractivity contribution in [3.05, 3.63) is 23.8 Å². The highest BCUT2D eigenvalue weighted by molar-refractivity contribution is 5.76. The normalized spacial score (nSPS) is 48.1. The molecule has 0 spiro atoms. The largest absolute Gasteiger partial charge is 0.481 e. The van der Waals surface area contributed by atoms with Crippen molar-refractivity contribution in [1.29, 1.82) is 0 Å². The molecule has 4 nitrogen and oxygen atoms in total. The second kappa shape index (κ2) is 8.23. The Morgan fingerprint density at radius 3 is 2.32 bits per heavy atom. The van der Waals surface area contributed by atoms with Gasteiger partial charge < -0.3 is 10.2 Å². The zero-order chi connectivity index (χ0) is 25.3. The average molecular weight is 471 g/mol. The number of hydrogen-bond acceptors (Lipinski definition) is 2. The van der Waals surface area contributed by atoms with Crippen molar-refractivity contribution in [1.82, 2.24) is 0 Å². The van der Waals surface area contributed by atoms with Crippen molar-refractivity contribution in [2.24, 2.45) is 51.2 Å². The van der Waals surface area contributed by atoms with Gasteiger partial charge in [-0.25, -0.2) is 0 Å². The number of allylic oxidation sites excluding steroid dienone is 3. The van der Waals surface area contributed by atoms with E-state index in [0.717, 1.165) is 44.9 Å². The molecule has 4 aliphatic carbocycles. The zero-order valence-electron chi connectivity index (χ0n) is 22.2. The summed E-state index contributed by atoms with van der Waals surface area (Å²) < 4.78 is 0. The summed E-state index contributed by atoms with van der Waals surface area (Å²) in [5.41, 5.74) is 1.85. The van der Waals surface area contributed by atoms with Crippen LogP contribution in [0.5, 0.6) is 0 Å². The van der Waals surface area contributed by atoms with Gasteiger partial charge in [0.05, 0.1) is 5.41 Å². The molecule has 4 heteroatoms. The second-order valence-corrected chi connectivity index (χ2v) is 13.3. The summed E-state index contributed by atoms with van der Waals surface area (Å²) >= 11 is 0. The number of carboxylic acid groups (broad SMARTS) is 2. The highest BCUT2D eigenvalue weighted by atomic mass is 16.4. The van der Waals surface area contributed by atoms with Crippen LogP contribution >= 0.6 is 0 Å². The Bertz CT molecular complexity index is 919. The van der Waals surface area contributed by atoms with Crippen molar-refractivity contribution in [2.75, 3.05) is 0 Å². The number of hydrogen-bond donors (Lipinski definition) is 2. The lowest BCUT2D eigenvalue weighted by Crippen LogP contribution is -2.62.